The van der Waals surface area contributed by atoms with Gasteiger partial charge in [0.25, 0.3) is 0 Å². The fourth-order valence-corrected chi connectivity index (χ4v) is 0. The molecule has 0 aromatic rings. The number of hydrogen-bond acceptors (Lipinski definition) is 2. The third kappa shape index (κ3) is 19.6. The summed E-state index contributed by atoms with van der Waals surface area (Å²) in [7, 11) is 0. The smallest absolute Gasteiger partial charge is 0.221 e. The predicted octanol–water partition coefficient (Wildman–Crippen LogP) is -0.797. The van der Waals surface area contributed by atoms with Crippen LogP contribution < -0.4 is 0 Å². The topological polar surface area (TPSA) is 34.1 Å². The zero-order valence-electron chi connectivity index (χ0n) is 2.17. The Balaban J connectivity index is 0. The Morgan fingerprint density at radius 2 is 1.20 bits per heavy atom. The van der Waals surface area contributed by atoms with E-state index in [1.807, 2.05) is 0 Å². The van der Waals surface area contributed by atoms with E-state index in [4.69, 9.17) is 9.59 Å². The van der Waals surface area contributed by atoms with Crippen LogP contribution in [0.25, 0.3) is 0 Å². The first kappa shape index (κ1) is 8.84. The monoisotopic (exact) mass is 158 g/mol. The molecule has 0 aliphatic rings. The van der Waals surface area contributed by atoms with Gasteiger partial charge in [0.1, 0.15) is 0 Å². The quantitative estimate of drug-likeness (QED) is 0.341. The van der Waals surface area contributed by atoms with E-state index in [9.17, 15) is 0 Å². The summed E-state index contributed by atoms with van der Waals surface area (Å²) >= 11 is 0. The molecule has 0 bridgehead atoms. The van der Waals surface area contributed by atoms with Crippen molar-refractivity contribution in [1.82, 2.24) is 0 Å². The zero-order valence-corrected chi connectivity index (χ0v) is 3.91. The molecule has 0 fully saturated rings. The van der Waals surface area contributed by atoms with Crippen molar-refractivity contribution in [2.75, 3.05) is 0 Å². The third-order valence-corrected chi connectivity index (χ3v) is 0.0417. The van der Waals surface area contributed by atoms with Gasteiger partial charge in [-0.25, -0.2) is 9.59 Å². The van der Waals surface area contributed by atoms with Gasteiger partial charge in [-0.3, -0.25) is 0 Å². The first-order valence-corrected chi connectivity index (χ1v) is 0.658. The summed E-state index contributed by atoms with van der Waals surface area (Å²) in [5.41, 5.74) is 0. The summed E-state index contributed by atoms with van der Waals surface area (Å²) in [6, 6.07) is 0. The Kier molecular flexibility index (Phi) is 16.3. The van der Waals surface area contributed by atoms with Gasteiger partial charge in [0.05, 0.1) is 0 Å². The van der Waals surface area contributed by atoms with Gasteiger partial charge in [0.15, 0.2) is 0 Å². The van der Waals surface area contributed by atoms with Crippen molar-refractivity contribution in [3.05, 3.63) is 0 Å². The van der Waals surface area contributed by atoms with Gasteiger partial charge in [-0.15, -0.1) is 0 Å². The van der Waals surface area contributed by atoms with E-state index in [1.165, 1.54) is 0 Å². The van der Waals surface area contributed by atoms with Crippen LogP contribution in [0.15, 0.2) is 0 Å². The molecule has 0 N–H and O–H groups in total. The van der Waals surface area contributed by atoms with Gasteiger partial charge in [-0.1, -0.05) is 0 Å². The second-order valence-electron chi connectivity index (χ2n) is 0.204. The molecule has 0 aromatic carbocycles. The zero-order chi connectivity index (χ0) is 3.41. The van der Waals surface area contributed by atoms with Crippen molar-refractivity contribution in [2.24, 2.45) is 0 Å². The van der Waals surface area contributed by atoms with Gasteiger partial charge < -0.3 is 0 Å². The van der Waals surface area contributed by atoms with Crippen molar-refractivity contribution >= 4 is 11.9 Å². The first-order chi connectivity index (χ1) is 1.91. The number of rotatable bonds is 0. The molecule has 0 spiro atoms. The van der Waals surface area contributed by atoms with Crippen LogP contribution in [-0.4, -0.2) is 11.9 Å². The van der Waals surface area contributed by atoms with Crippen molar-refractivity contribution in [1.29, 1.82) is 0 Å². The van der Waals surface area contributed by atoms with Gasteiger partial charge in [0.2, 0.25) is 11.9 Å². The Morgan fingerprint density at radius 3 is 1.20 bits per heavy atom. The first-order valence-electron chi connectivity index (χ1n) is 0.658. The molecule has 3 heteroatoms. The third-order valence-electron chi connectivity index (χ3n) is 0.0417. The fraction of sp³-hybridized carbons (Fsp3) is 0. The van der Waals surface area contributed by atoms with Crippen molar-refractivity contribution in [3.8, 4) is 0 Å². The maximum atomic E-state index is 8.62. The maximum Gasteiger partial charge on any atom is 0.221 e. The molecule has 0 unspecified atom stereocenters. The van der Waals surface area contributed by atoms with Crippen LogP contribution in [0.3, 0.4) is 0 Å². The molecular weight excluding hydrogens is 157 g/mol. The maximum absolute atomic E-state index is 8.62. The average Bonchev–Trinajstić information content (AvgIpc) is 1.37. The molecule has 28 valence electrons. The summed E-state index contributed by atoms with van der Waals surface area (Å²) in [6.45, 7) is 0. The van der Waals surface area contributed by atoms with Gasteiger partial charge >= 0.3 is 0 Å². The molecule has 0 amide bonds. The van der Waals surface area contributed by atoms with Gasteiger partial charge in [0, 0.05) is 19.5 Å². The summed E-state index contributed by atoms with van der Waals surface area (Å²) in [5.74, 6) is 1.75. The Bertz CT molecular complexity index is 57.7. The second kappa shape index (κ2) is 9.22. The van der Waals surface area contributed by atoms with Crippen LogP contribution in [0.2, 0.25) is 0 Å². The second-order valence-corrected chi connectivity index (χ2v) is 0.204. The predicted molar refractivity (Wildman–Crippen MR) is 11.4 cm³/mol. The SMILES string of the molecule is O=C=C=O.[Ru]. The Labute approximate surface area is 41.6 Å². The summed E-state index contributed by atoms with van der Waals surface area (Å²) in [6.07, 6.45) is 0. The van der Waals surface area contributed by atoms with Crippen molar-refractivity contribution < 1.29 is 29.1 Å². The molecule has 0 rings (SSSR count). The van der Waals surface area contributed by atoms with E-state index >= 15 is 0 Å². The minimum Gasteiger partial charge on any atom is -0.221 e. The van der Waals surface area contributed by atoms with Crippen LogP contribution in [0, 0.1) is 0 Å². The van der Waals surface area contributed by atoms with E-state index in [2.05, 4.69) is 0 Å². The number of carbonyl (C=O) groups excluding carboxylic acids is 2. The average molecular weight is 157 g/mol. The molecule has 0 aliphatic heterocycles. The summed E-state index contributed by atoms with van der Waals surface area (Å²) in [5, 5.41) is 0. The standard InChI is InChI=1S/C2O2.Ru/c3-1-2-4;. The molecule has 0 heterocycles. The van der Waals surface area contributed by atoms with Gasteiger partial charge in [-0.05, 0) is 0 Å². The van der Waals surface area contributed by atoms with Crippen molar-refractivity contribution in [3.63, 3.8) is 0 Å². The molecule has 0 saturated heterocycles. The molecule has 0 aromatic heterocycles. The minimum atomic E-state index is 0. The fourth-order valence-electron chi connectivity index (χ4n) is 0. The largest absolute Gasteiger partial charge is 0.221 e. The molecule has 0 saturated carbocycles. The van der Waals surface area contributed by atoms with E-state index < -0.39 is 0 Å². The molecule has 2 nitrogen and oxygen atoms in total. The Morgan fingerprint density at radius 1 is 1.00 bits per heavy atom. The molecule has 5 heavy (non-hydrogen) atoms. The van der Waals surface area contributed by atoms with Crippen LogP contribution in [-0.2, 0) is 29.1 Å². The van der Waals surface area contributed by atoms with Gasteiger partial charge in [-0.2, -0.15) is 0 Å². The van der Waals surface area contributed by atoms with Crippen LogP contribution in [0.5, 0.6) is 0 Å². The Hall–Kier alpha value is -0.217. The summed E-state index contributed by atoms with van der Waals surface area (Å²) < 4.78 is 0. The molecular formula is C2O2Ru. The normalized spacial score (nSPS) is 2.40. The molecule has 0 aliphatic carbocycles. The van der Waals surface area contributed by atoms with E-state index in [-0.39, 0.29) is 19.5 Å². The van der Waals surface area contributed by atoms with E-state index in [0.717, 1.165) is 11.9 Å². The molecule has 0 atom stereocenters. The van der Waals surface area contributed by atoms with Crippen LogP contribution in [0.4, 0.5) is 0 Å². The van der Waals surface area contributed by atoms with E-state index in [1.54, 1.807) is 0 Å². The summed E-state index contributed by atoms with van der Waals surface area (Å²) in [4.78, 5) is 17.2. The number of hydrogen-bond donors (Lipinski definition) is 0. The van der Waals surface area contributed by atoms with Crippen LogP contribution in [0.1, 0.15) is 0 Å². The van der Waals surface area contributed by atoms with Crippen molar-refractivity contribution in [2.45, 2.75) is 0 Å². The van der Waals surface area contributed by atoms with E-state index in [0.29, 0.717) is 0 Å². The minimum absolute atomic E-state index is 0. The molecule has 0 radical (unpaired) electrons. The van der Waals surface area contributed by atoms with Crippen LogP contribution >= 0.6 is 0 Å².